The van der Waals surface area contributed by atoms with Gasteiger partial charge < -0.3 is 4.74 Å². The van der Waals surface area contributed by atoms with Gasteiger partial charge in [-0.3, -0.25) is 0 Å². The van der Waals surface area contributed by atoms with Gasteiger partial charge >= 0.3 is 0 Å². The minimum atomic E-state index is -0.183. The van der Waals surface area contributed by atoms with Crippen LogP contribution < -0.4 is 0 Å². The van der Waals surface area contributed by atoms with Crippen LogP contribution in [-0.2, 0) is 10.3 Å². The SMILES string of the molecule is CC(C)=C1OC(C)(c2ccccc2)CC1(C)C. The molecule has 1 saturated heterocycles. The Morgan fingerprint density at radius 3 is 2.12 bits per heavy atom. The summed E-state index contributed by atoms with van der Waals surface area (Å²) in [6.45, 7) is 11.0. The maximum atomic E-state index is 6.29. The maximum Gasteiger partial charge on any atom is 0.132 e. The first-order chi connectivity index (χ1) is 7.85. The van der Waals surface area contributed by atoms with Crippen molar-refractivity contribution in [2.75, 3.05) is 0 Å². The molecule has 1 fully saturated rings. The fourth-order valence-electron chi connectivity index (χ4n) is 3.05. The van der Waals surface area contributed by atoms with Crippen molar-refractivity contribution in [1.82, 2.24) is 0 Å². The van der Waals surface area contributed by atoms with E-state index in [1.807, 2.05) is 0 Å². The Bertz CT molecular complexity index is 438. The summed E-state index contributed by atoms with van der Waals surface area (Å²) in [6.07, 6.45) is 1.03. The molecule has 1 aromatic carbocycles. The number of hydrogen-bond donors (Lipinski definition) is 0. The molecule has 0 N–H and O–H groups in total. The molecule has 0 aromatic heterocycles. The number of ether oxygens (including phenoxy) is 1. The molecule has 1 heterocycles. The predicted molar refractivity (Wildman–Crippen MR) is 71.7 cm³/mol. The van der Waals surface area contributed by atoms with E-state index in [0.29, 0.717) is 0 Å². The van der Waals surface area contributed by atoms with Gasteiger partial charge in [-0.15, -0.1) is 0 Å². The Morgan fingerprint density at radius 2 is 1.65 bits per heavy atom. The summed E-state index contributed by atoms with van der Waals surface area (Å²) in [6, 6.07) is 10.5. The molecule has 1 aromatic rings. The molecule has 17 heavy (non-hydrogen) atoms. The van der Waals surface area contributed by atoms with Crippen molar-refractivity contribution in [2.24, 2.45) is 5.41 Å². The Morgan fingerprint density at radius 1 is 1.06 bits per heavy atom. The van der Waals surface area contributed by atoms with Crippen molar-refractivity contribution >= 4 is 0 Å². The van der Waals surface area contributed by atoms with Crippen molar-refractivity contribution in [3.8, 4) is 0 Å². The van der Waals surface area contributed by atoms with E-state index in [0.717, 1.165) is 12.2 Å². The van der Waals surface area contributed by atoms with Crippen molar-refractivity contribution in [3.63, 3.8) is 0 Å². The van der Waals surface area contributed by atoms with E-state index in [4.69, 9.17) is 4.74 Å². The molecule has 2 rings (SSSR count). The lowest BCUT2D eigenvalue weighted by Gasteiger charge is -2.24. The van der Waals surface area contributed by atoms with Gasteiger partial charge in [0.05, 0.1) is 0 Å². The third kappa shape index (κ3) is 2.11. The van der Waals surface area contributed by atoms with E-state index in [1.54, 1.807) is 0 Å². The van der Waals surface area contributed by atoms with Crippen LogP contribution in [-0.4, -0.2) is 0 Å². The maximum absolute atomic E-state index is 6.29. The van der Waals surface area contributed by atoms with Gasteiger partial charge in [-0.1, -0.05) is 44.2 Å². The van der Waals surface area contributed by atoms with Gasteiger partial charge in [0.2, 0.25) is 0 Å². The first-order valence-corrected chi connectivity index (χ1v) is 6.28. The van der Waals surface area contributed by atoms with E-state index in [1.165, 1.54) is 11.1 Å². The number of allylic oxidation sites excluding steroid dienone is 2. The van der Waals surface area contributed by atoms with Crippen LogP contribution >= 0.6 is 0 Å². The van der Waals surface area contributed by atoms with Crippen LogP contribution in [0.15, 0.2) is 41.7 Å². The molecule has 1 aliphatic rings. The summed E-state index contributed by atoms with van der Waals surface area (Å²) in [5, 5.41) is 0. The van der Waals surface area contributed by atoms with Crippen molar-refractivity contribution in [3.05, 3.63) is 47.2 Å². The third-order valence-electron chi connectivity index (χ3n) is 3.56. The second kappa shape index (κ2) is 3.90. The second-order valence-electron chi connectivity index (χ2n) is 6.09. The molecule has 0 radical (unpaired) electrons. The largest absolute Gasteiger partial charge is 0.487 e. The molecule has 1 aliphatic heterocycles. The number of benzene rings is 1. The summed E-state index contributed by atoms with van der Waals surface area (Å²) < 4.78 is 6.29. The Kier molecular flexibility index (Phi) is 2.81. The molecule has 1 unspecified atom stereocenters. The van der Waals surface area contributed by atoms with Crippen LogP contribution in [0.2, 0.25) is 0 Å². The standard InChI is InChI=1S/C16H22O/c1-12(2)14-15(3,4)11-16(5,17-14)13-9-7-6-8-10-13/h6-10H,11H2,1-5H3. The molecule has 1 heteroatoms. The Balaban J connectivity index is 2.42. The molecular formula is C16H22O. The topological polar surface area (TPSA) is 9.23 Å². The van der Waals surface area contributed by atoms with E-state index >= 15 is 0 Å². The highest BCUT2D eigenvalue weighted by molar-refractivity contribution is 5.28. The first kappa shape index (κ1) is 12.2. The summed E-state index contributed by atoms with van der Waals surface area (Å²) >= 11 is 0. The van der Waals surface area contributed by atoms with E-state index in [9.17, 15) is 0 Å². The van der Waals surface area contributed by atoms with Crippen molar-refractivity contribution < 1.29 is 4.74 Å². The Labute approximate surface area is 104 Å². The normalized spacial score (nSPS) is 26.8. The van der Waals surface area contributed by atoms with Crippen LogP contribution in [0, 0.1) is 5.41 Å². The minimum Gasteiger partial charge on any atom is -0.487 e. The van der Waals surface area contributed by atoms with E-state index in [-0.39, 0.29) is 11.0 Å². The summed E-state index contributed by atoms with van der Waals surface area (Å²) in [7, 11) is 0. The molecule has 0 saturated carbocycles. The van der Waals surface area contributed by atoms with Gasteiger partial charge in [-0.05, 0) is 31.9 Å². The smallest absolute Gasteiger partial charge is 0.132 e. The molecular weight excluding hydrogens is 208 g/mol. The van der Waals surface area contributed by atoms with Crippen molar-refractivity contribution in [2.45, 2.75) is 46.6 Å². The highest BCUT2D eigenvalue weighted by Crippen LogP contribution is 2.52. The van der Waals surface area contributed by atoms with Crippen LogP contribution in [0.5, 0.6) is 0 Å². The highest BCUT2D eigenvalue weighted by Gasteiger charge is 2.46. The summed E-state index contributed by atoms with van der Waals surface area (Å²) in [5.74, 6) is 1.16. The van der Waals surface area contributed by atoms with Gasteiger partial charge in [0, 0.05) is 11.8 Å². The molecule has 0 bridgehead atoms. The van der Waals surface area contributed by atoms with Gasteiger partial charge in [0.1, 0.15) is 11.4 Å². The summed E-state index contributed by atoms with van der Waals surface area (Å²) in [5.41, 5.74) is 2.50. The minimum absolute atomic E-state index is 0.128. The summed E-state index contributed by atoms with van der Waals surface area (Å²) in [4.78, 5) is 0. The van der Waals surface area contributed by atoms with Crippen molar-refractivity contribution in [1.29, 1.82) is 0 Å². The molecule has 0 aliphatic carbocycles. The molecule has 1 atom stereocenters. The molecule has 0 spiro atoms. The van der Waals surface area contributed by atoms with E-state index < -0.39 is 0 Å². The van der Waals surface area contributed by atoms with Gasteiger partial charge in [-0.2, -0.15) is 0 Å². The predicted octanol–water partition coefficient (Wildman–Crippen LogP) is 4.64. The van der Waals surface area contributed by atoms with E-state index in [2.05, 4.69) is 65.0 Å². The van der Waals surface area contributed by atoms with Gasteiger partial charge in [0.15, 0.2) is 0 Å². The van der Waals surface area contributed by atoms with Crippen LogP contribution in [0.3, 0.4) is 0 Å². The number of rotatable bonds is 1. The lowest BCUT2D eigenvalue weighted by Crippen LogP contribution is -2.21. The monoisotopic (exact) mass is 230 g/mol. The average molecular weight is 230 g/mol. The second-order valence-corrected chi connectivity index (χ2v) is 6.09. The fraction of sp³-hybridized carbons (Fsp3) is 0.500. The average Bonchev–Trinajstić information content (AvgIpc) is 2.51. The lowest BCUT2D eigenvalue weighted by atomic mass is 9.79. The molecule has 92 valence electrons. The fourth-order valence-corrected chi connectivity index (χ4v) is 3.05. The zero-order valence-electron chi connectivity index (χ0n) is 11.5. The van der Waals surface area contributed by atoms with Crippen LogP contribution in [0.4, 0.5) is 0 Å². The van der Waals surface area contributed by atoms with Crippen LogP contribution in [0.1, 0.15) is 46.6 Å². The lowest BCUT2D eigenvalue weighted by molar-refractivity contribution is 0.0537. The van der Waals surface area contributed by atoms with Crippen LogP contribution in [0.25, 0.3) is 0 Å². The van der Waals surface area contributed by atoms with Gasteiger partial charge in [-0.25, -0.2) is 0 Å². The molecule has 0 amide bonds. The quantitative estimate of drug-likeness (QED) is 0.682. The molecule has 1 nitrogen and oxygen atoms in total. The first-order valence-electron chi connectivity index (χ1n) is 6.28. The third-order valence-corrected chi connectivity index (χ3v) is 3.56. The number of hydrogen-bond acceptors (Lipinski definition) is 1. The van der Waals surface area contributed by atoms with Gasteiger partial charge in [0.25, 0.3) is 0 Å². The highest BCUT2D eigenvalue weighted by atomic mass is 16.5. The zero-order valence-corrected chi connectivity index (χ0v) is 11.5. The zero-order chi connectivity index (χ0) is 12.7. The Hall–Kier alpha value is -1.24.